The molecule has 1 aliphatic heterocycles. The van der Waals surface area contributed by atoms with E-state index in [1.54, 1.807) is 4.90 Å². The highest BCUT2D eigenvalue weighted by Gasteiger charge is 2.23. The van der Waals surface area contributed by atoms with E-state index < -0.39 is 29.5 Å². The molecule has 0 aromatic carbocycles. The number of hydrogen-bond acceptors (Lipinski definition) is 5. The zero-order valence-corrected chi connectivity index (χ0v) is 14.4. The third-order valence-corrected chi connectivity index (χ3v) is 4.66. The molecular weight excluding hydrogens is 346 g/mol. The highest BCUT2D eigenvalue weighted by atomic mass is 19.1. The fourth-order valence-electron chi connectivity index (χ4n) is 3.19. The Morgan fingerprint density at radius 1 is 1.31 bits per heavy atom. The maximum absolute atomic E-state index is 14.6. The zero-order chi connectivity index (χ0) is 18.8. The normalized spacial score (nSPS) is 15.6. The van der Waals surface area contributed by atoms with Crippen LogP contribution in [0, 0.1) is 5.82 Å². The predicted molar refractivity (Wildman–Crippen MR) is 93.2 cm³/mol. The Bertz CT molecular complexity index is 892. The molecule has 0 spiro atoms. The van der Waals surface area contributed by atoms with Gasteiger partial charge in [-0.25, -0.2) is 18.6 Å². The van der Waals surface area contributed by atoms with Crippen molar-refractivity contribution in [2.24, 2.45) is 0 Å². The van der Waals surface area contributed by atoms with Crippen LogP contribution in [0.5, 0.6) is 0 Å². The Morgan fingerprint density at radius 3 is 2.58 bits per heavy atom. The van der Waals surface area contributed by atoms with E-state index in [0.29, 0.717) is 13.1 Å². The van der Waals surface area contributed by atoms with E-state index in [9.17, 15) is 18.4 Å². The zero-order valence-electron chi connectivity index (χ0n) is 14.4. The topological polar surface area (TPSA) is 78.7 Å². The molecule has 1 saturated heterocycles. The molecule has 3 heterocycles. The molecule has 1 N–H and O–H groups in total. The lowest BCUT2D eigenvalue weighted by molar-refractivity contribution is 0.0694. The number of aryl methyl sites for hydroxylation is 1. The van der Waals surface area contributed by atoms with Crippen molar-refractivity contribution in [1.82, 2.24) is 14.5 Å². The van der Waals surface area contributed by atoms with Crippen molar-refractivity contribution in [3.8, 4) is 0 Å². The van der Waals surface area contributed by atoms with Crippen LogP contribution in [0.2, 0.25) is 0 Å². The third kappa shape index (κ3) is 3.26. The van der Waals surface area contributed by atoms with Gasteiger partial charge in [0, 0.05) is 32.4 Å². The number of carboxylic acids is 1. The van der Waals surface area contributed by atoms with Crippen molar-refractivity contribution in [2.75, 3.05) is 44.3 Å². The first kappa shape index (κ1) is 18.2. The van der Waals surface area contributed by atoms with Gasteiger partial charge in [0.2, 0.25) is 5.43 Å². The second-order valence-electron chi connectivity index (χ2n) is 6.15. The number of rotatable bonds is 5. The van der Waals surface area contributed by atoms with Crippen molar-refractivity contribution in [3.05, 3.63) is 33.9 Å². The maximum Gasteiger partial charge on any atom is 0.341 e. The van der Waals surface area contributed by atoms with Crippen LogP contribution in [-0.2, 0) is 6.54 Å². The summed E-state index contributed by atoms with van der Waals surface area (Å²) in [4.78, 5) is 31.9. The number of aromatic nitrogens is 2. The molecule has 9 heteroatoms. The van der Waals surface area contributed by atoms with Crippen molar-refractivity contribution < 1.29 is 18.7 Å². The Hall–Kier alpha value is -2.55. The predicted octanol–water partition coefficient (Wildman–Crippen LogP) is 1.35. The van der Waals surface area contributed by atoms with Gasteiger partial charge in [-0.3, -0.25) is 4.79 Å². The Balaban J connectivity index is 2.12. The van der Waals surface area contributed by atoms with Gasteiger partial charge in [-0.15, -0.1) is 0 Å². The fraction of sp³-hybridized carbons (Fsp3) is 0.471. The average Bonchev–Trinajstić information content (AvgIpc) is 2.64. The number of likely N-dealkylation sites (N-methyl/N-ethyl adjacent to an activating group) is 1. The van der Waals surface area contributed by atoms with Crippen LogP contribution in [-0.4, -0.2) is 64.9 Å². The van der Waals surface area contributed by atoms with Gasteiger partial charge < -0.3 is 19.5 Å². The minimum absolute atomic E-state index is 0.0898. The number of carbonyl (C=O) groups is 1. The lowest BCUT2D eigenvalue weighted by atomic mass is 10.2. The number of aromatic carboxylic acids is 1. The van der Waals surface area contributed by atoms with E-state index in [1.165, 1.54) is 4.57 Å². The molecule has 0 bridgehead atoms. The quantitative estimate of drug-likeness (QED) is 0.861. The van der Waals surface area contributed by atoms with Gasteiger partial charge in [0.25, 0.3) is 0 Å². The number of nitrogens with zero attached hydrogens (tertiary/aromatic N) is 4. The first-order valence-electron chi connectivity index (χ1n) is 8.46. The van der Waals surface area contributed by atoms with E-state index in [2.05, 4.69) is 16.8 Å². The summed E-state index contributed by atoms with van der Waals surface area (Å²) >= 11 is 0. The van der Waals surface area contributed by atoms with E-state index in [1.807, 2.05) is 0 Å². The summed E-state index contributed by atoms with van der Waals surface area (Å²) in [7, 11) is 0. The molecule has 1 fully saturated rings. The Morgan fingerprint density at radius 2 is 2.00 bits per heavy atom. The van der Waals surface area contributed by atoms with Crippen molar-refractivity contribution in [3.63, 3.8) is 0 Å². The van der Waals surface area contributed by atoms with E-state index in [4.69, 9.17) is 5.11 Å². The van der Waals surface area contributed by atoms with Gasteiger partial charge in [-0.05, 0) is 12.6 Å². The molecule has 2 aromatic rings. The number of anilines is 1. The molecule has 0 aliphatic carbocycles. The first-order chi connectivity index (χ1) is 12.5. The van der Waals surface area contributed by atoms with Gasteiger partial charge in [0.1, 0.15) is 17.9 Å². The summed E-state index contributed by atoms with van der Waals surface area (Å²) in [6.45, 7) is 4.75. The number of pyridine rings is 2. The molecule has 0 radical (unpaired) electrons. The standard InChI is InChI=1S/C17H20F2N4O3/c1-2-21-5-7-22(8-6-21)16-13(19)9-11-14(24)12(17(25)26)10-23(4-3-18)15(11)20-16/h9-10H,2-8H2,1H3,(H,25,26). The molecule has 26 heavy (non-hydrogen) atoms. The number of fused-ring (bicyclic) bond motifs is 1. The summed E-state index contributed by atoms with van der Waals surface area (Å²) < 4.78 is 28.8. The summed E-state index contributed by atoms with van der Waals surface area (Å²) in [5, 5.41) is 9.00. The number of piperazine rings is 1. The van der Waals surface area contributed by atoms with E-state index in [-0.39, 0.29) is 23.4 Å². The Labute approximate surface area is 148 Å². The molecule has 0 saturated carbocycles. The van der Waals surface area contributed by atoms with Gasteiger partial charge in [0.05, 0.1) is 11.9 Å². The van der Waals surface area contributed by atoms with Crippen molar-refractivity contribution in [2.45, 2.75) is 13.5 Å². The largest absolute Gasteiger partial charge is 0.477 e. The van der Waals surface area contributed by atoms with Crippen molar-refractivity contribution >= 4 is 22.8 Å². The fourth-order valence-corrected chi connectivity index (χ4v) is 3.19. The van der Waals surface area contributed by atoms with Crippen molar-refractivity contribution in [1.29, 1.82) is 0 Å². The molecule has 0 atom stereocenters. The molecule has 3 rings (SSSR count). The third-order valence-electron chi connectivity index (χ3n) is 4.66. The lowest BCUT2D eigenvalue weighted by Crippen LogP contribution is -2.46. The van der Waals surface area contributed by atoms with E-state index >= 15 is 0 Å². The number of halogens is 2. The number of hydrogen-bond donors (Lipinski definition) is 1. The monoisotopic (exact) mass is 366 g/mol. The van der Waals surface area contributed by atoms with Crippen LogP contribution in [0.4, 0.5) is 14.6 Å². The molecule has 0 unspecified atom stereocenters. The smallest absolute Gasteiger partial charge is 0.341 e. The number of carboxylic acid groups (broad SMARTS) is 1. The van der Waals surface area contributed by atoms with Crippen LogP contribution in [0.25, 0.3) is 11.0 Å². The van der Waals surface area contributed by atoms with Gasteiger partial charge in [0.15, 0.2) is 11.6 Å². The number of alkyl halides is 1. The molecular formula is C17H20F2N4O3. The van der Waals surface area contributed by atoms with Crippen LogP contribution < -0.4 is 10.3 Å². The summed E-state index contributed by atoms with van der Waals surface area (Å²) in [6, 6.07) is 1.01. The highest BCUT2D eigenvalue weighted by Crippen LogP contribution is 2.22. The summed E-state index contributed by atoms with van der Waals surface area (Å²) in [5.74, 6) is -2.03. The summed E-state index contributed by atoms with van der Waals surface area (Å²) in [6.07, 6.45) is 1.07. The molecule has 1 aliphatic rings. The highest BCUT2D eigenvalue weighted by molar-refractivity contribution is 5.92. The molecule has 140 valence electrons. The van der Waals surface area contributed by atoms with Crippen LogP contribution in [0.1, 0.15) is 17.3 Å². The minimum Gasteiger partial charge on any atom is -0.477 e. The van der Waals surface area contributed by atoms with Gasteiger partial charge in [-0.1, -0.05) is 6.92 Å². The molecule has 0 amide bonds. The SMILES string of the molecule is CCN1CCN(c2nc3c(cc2F)c(=O)c(C(=O)O)cn3CCF)CC1. The lowest BCUT2D eigenvalue weighted by Gasteiger charge is -2.35. The second-order valence-corrected chi connectivity index (χ2v) is 6.15. The Kier molecular flexibility index (Phi) is 5.17. The van der Waals surface area contributed by atoms with Gasteiger partial charge >= 0.3 is 5.97 Å². The minimum atomic E-state index is -1.44. The molecule has 2 aromatic heterocycles. The maximum atomic E-state index is 14.6. The van der Waals surface area contributed by atoms with Crippen LogP contribution in [0.15, 0.2) is 17.1 Å². The van der Waals surface area contributed by atoms with E-state index in [0.717, 1.165) is 31.9 Å². The van der Waals surface area contributed by atoms with Crippen LogP contribution >= 0.6 is 0 Å². The van der Waals surface area contributed by atoms with Crippen LogP contribution in [0.3, 0.4) is 0 Å². The van der Waals surface area contributed by atoms with Gasteiger partial charge in [-0.2, -0.15) is 0 Å². The molecule has 7 nitrogen and oxygen atoms in total. The summed E-state index contributed by atoms with van der Waals surface area (Å²) in [5.41, 5.74) is -1.26. The first-order valence-corrected chi connectivity index (χ1v) is 8.46. The second kappa shape index (κ2) is 7.36. The average molecular weight is 366 g/mol.